The molecule has 0 bridgehead atoms. The minimum atomic E-state index is -1.92. The van der Waals surface area contributed by atoms with Crippen LogP contribution in [0.2, 0.25) is 0 Å². The fourth-order valence-corrected chi connectivity index (χ4v) is 5.82. The van der Waals surface area contributed by atoms with Crippen LogP contribution in [-0.2, 0) is 14.3 Å². The van der Waals surface area contributed by atoms with Crippen molar-refractivity contribution in [1.29, 1.82) is 0 Å². The maximum Gasteiger partial charge on any atom is 0.309 e. The van der Waals surface area contributed by atoms with E-state index < -0.39 is 94.4 Å². The van der Waals surface area contributed by atoms with Gasteiger partial charge in [0.25, 0.3) is 0 Å². The lowest BCUT2D eigenvalue weighted by Gasteiger charge is -2.40. The Bertz CT molecular complexity index is 1620. The van der Waals surface area contributed by atoms with Crippen LogP contribution >= 0.6 is 0 Å². The average Bonchev–Trinajstić information content (AvgIpc) is 2.98. The number of aromatic hydroxyl groups is 4. The topological polar surface area (TPSA) is 237 Å². The first-order valence-corrected chi connectivity index (χ1v) is 14.5. The van der Waals surface area contributed by atoms with Crippen molar-refractivity contribution in [3.8, 4) is 40.1 Å². The van der Waals surface area contributed by atoms with Crippen molar-refractivity contribution in [2.75, 3.05) is 6.61 Å². The van der Waals surface area contributed by atoms with E-state index in [1.807, 2.05) is 0 Å². The van der Waals surface area contributed by atoms with Gasteiger partial charge in [-0.05, 0) is 63.6 Å². The predicted octanol–water partition coefficient (Wildman–Crippen LogP) is 1.59. The summed E-state index contributed by atoms with van der Waals surface area (Å²) in [6, 6.07) is 5.36. The molecule has 2 fully saturated rings. The van der Waals surface area contributed by atoms with Crippen molar-refractivity contribution in [2.45, 2.75) is 75.8 Å². The van der Waals surface area contributed by atoms with Gasteiger partial charge in [0.05, 0.1) is 11.5 Å². The van der Waals surface area contributed by atoms with Gasteiger partial charge in [-0.15, -0.1) is 0 Å². The third-order valence-corrected chi connectivity index (χ3v) is 8.51. The number of carbonyl (C=O) groups is 1. The first-order chi connectivity index (χ1) is 21.1. The van der Waals surface area contributed by atoms with E-state index in [1.165, 1.54) is 6.07 Å². The number of ether oxygens (including phenoxy) is 3. The maximum absolute atomic E-state index is 13.6. The highest BCUT2D eigenvalue weighted by Gasteiger charge is 2.46. The number of hydrogen-bond acceptors (Lipinski definition) is 14. The standard InChI is InChI=1S/C31H36O14/c1-31(2,41)15-6-3-13(4-7-15)29(40)42-12-21-23(36)25(38)26(39)30(44-21)45-28-24(37)22-19(35)10-16(32)11-20(22)43-27(28)14-5-8-17(33)18(34)9-14/h5,8-11,13,15,21,23,25-26,30,32-36,38-39,41H,3-4,6-7,12H2,1-2H3/t13?,15?,21-,23-,25+,26-,30-/m0/s1. The summed E-state index contributed by atoms with van der Waals surface area (Å²) in [4.78, 5) is 26.4. The molecule has 8 N–H and O–H groups in total. The molecule has 3 aromatic rings. The lowest BCUT2D eigenvalue weighted by molar-refractivity contribution is -0.279. The Kier molecular flexibility index (Phi) is 8.88. The second-order valence-electron chi connectivity index (χ2n) is 12.1. The number of benzene rings is 2. The lowest BCUT2D eigenvalue weighted by atomic mass is 9.75. The van der Waals surface area contributed by atoms with Gasteiger partial charge < -0.3 is 59.5 Å². The summed E-state index contributed by atoms with van der Waals surface area (Å²) in [7, 11) is 0. The zero-order chi connectivity index (χ0) is 32.8. The minimum absolute atomic E-state index is 0.00204. The molecule has 1 aliphatic carbocycles. The van der Waals surface area contributed by atoms with E-state index in [4.69, 9.17) is 18.6 Å². The van der Waals surface area contributed by atoms with Crippen LogP contribution in [-0.4, -0.2) is 89.7 Å². The Morgan fingerprint density at radius 2 is 1.60 bits per heavy atom. The maximum atomic E-state index is 13.6. The molecule has 1 saturated carbocycles. The number of hydrogen-bond donors (Lipinski definition) is 8. The number of phenolic OH excluding ortho intramolecular Hbond substituents is 4. The van der Waals surface area contributed by atoms with Crippen molar-refractivity contribution < 1.29 is 64.3 Å². The highest BCUT2D eigenvalue weighted by atomic mass is 16.7. The number of carbonyl (C=O) groups excluding carboxylic acids is 1. The van der Waals surface area contributed by atoms with Crippen LogP contribution in [0.1, 0.15) is 39.5 Å². The summed E-state index contributed by atoms with van der Waals surface area (Å²) in [5.41, 5.74) is -2.13. The Hall–Kier alpha value is -4.08. The first-order valence-electron chi connectivity index (χ1n) is 14.5. The molecule has 2 heterocycles. The molecular weight excluding hydrogens is 596 g/mol. The molecule has 244 valence electrons. The van der Waals surface area contributed by atoms with E-state index in [9.17, 15) is 50.4 Å². The molecule has 1 aromatic heterocycles. The van der Waals surface area contributed by atoms with Crippen LogP contribution in [0.3, 0.4) is 0 Å². The molecule has 2 aromatic carbocycles. The molecule has 5 rings (SSSR count). The van der Waals surface area contributed by atoms with Crippen molar-refractivity contribution >= 4 is 16.9 Å². The first kappa shape index (κ1) is 32.3. The Labute approximate surface area is 256 Å². The van der Waals surface area contributed by atoms with Crippen molar-refractivity contribution in [2.24, 2.45) is 11.8 Å². The summed E-state index contributed by atoms with van der Waals surface area (Å²) in [5.74, 6) is -4.13. The van der Waals surface area contributed by atoms with Gasteiger partial charge in [-0.25, -0.2) is 0 Å². The van der Waals surface area contributed by atoms with Gasteiger partial charge in [-0.3, -0.25) is 9.59 Å². The number of fused-ring (bicyclic) bond motifs is 1. The van der Waals surface area contributed by atoms with Crippen LogP contribution in [0.5, 0.6) is 28.7 Å². The van der Waals surface area contributed by atoms with Crippen molar-refractivity contribution in [3.05, 3.63) is 40.6 Å². The van der Waals surface area contributed by atoms with E-state index in [-0.39, 0.29) is 22.8 Å². The van der Waals surface area contributed by atoms with Crippen molar-refractivity contribution in [1.82, 2.24) is 0 Å². The number of aliphatic hydroxyl groups is 4. The number of aliphatic hydroxyl groups excluding tert-OH is 3. The summed E-state index contributed by atoms with van der Waals surface area (Å²) in [6.45, 7) is 2.92. The van der Waals surface area contributed by atoms with Crippen LogP contribution in [0.4, 0.5) is 0 Å². The van der Waals surface area contributed by atoms with Crippen LogP contribution in [0.15, 0.2) is 39.5 Å². The van der Waals surface area contributed by atoms with E-state index >= 15 is 0 Å². The second-order valence-corrected chi connectivity index (χ2v) is 12.1. The Morgan fingerprint density at radius 3 is 2.24 bits per heavy atom. The highest BCUT2D eigenvalue weighted by Crippen LogP contribution is 2.40. The van der Waals surface area contributed by atoms with Gasteiger partial charge in [0, 0.05) is 17.7 Å². The largest absolute Gasteiger partial charge is 0.508 e. The van der Waals surface area contributed by atoms with E-state index in [1.54, 1.807) is 13.8 Å². The van der Waals surface area contributed by atoms with E-state index in [0.29, 0.717) is 25.7 Å². The van der Waals surface area contributed by atoms with E-state index in [0.717, 1.165) is 24.3 Å². The van der Waals surface area contributed by atoms with Gasteiger partial charge in [0.15, 0.2) is 17.3 Å². The predicted molar refractivity (Wildman–Crippen MR) is 155 cm³/mol. The van der Waals surface area contributed by atoms with Crippen LogP contribution in [0.25, 0.3) is 22.3 Å². The van der Waals surface area contributed by atoms with Gasteiger partial charge in [0.2, 0.25) is 17.5 Å². The smallest absolute Gasteiger partial charge is 0.309 e. The monoisotopic (exact) mass is 632 g/mol. The molecule has 45 heavy (non-hydrogen) atoms. The Morgan fingerprint density at radius 1 is 0.911 bits per heavy atom. The lowest BCUT2D eigenvalue weighted by Crippen LogP contribution is -2.60. The van der Waals surface area contributed by atoms with Gasteiger partial charge >= 0.3 is 5.97 Å². The average molecular weight is 633 g/mol. The third kappa shape index (κ3) is 6.51. The molecule has 1 saturated heterocycles. The van der Waals surface area contributed by atoms with Crippen LogP contribution < -0.4 is 10.2 Å². The molecule has 14 nitrogen and oxygen atoms in total. The molecule has 0 unspecified atom stereocenters. The zero-order valence-corrected chi connectivity index (χ0v) is 24.5. The normalized spacial score (nSPS) is 27.3. The molecular formula is C31H36O14. The Balaban J connectivity index is 1.40. The second kappa shape index (κ2) is 12.4. The molecule has 0 spiro atoms. The van der Waals surface area contributed by atoms with Crippen molar-refractivity contribution in [3.63, 3.8) is 0 Å². The minimum Gasteiger partial charge on any atom is -0.508 e. The van der Waals surface area contributed by atoms with Crippen LogP contribution in [0, 0.1) is 11.8 Å². The number of rotatable bonds is 7. The zero-order valence-electron chi connectivity index (χ0n) is 24.5. The van der Waals surface area contributed by atoms with Gasteiger partial charge in [-0.2, -0.15) is 0 Å². The van der Waals surface area contributed by atoms with Gasteiger partial charge in [0.1, 0.15) is 53.5 Å². The molecule has 0 radical (unpaired) electrons. The number of phenols is 4. The summed E-state index contributed by atoms with van der Waals surface area (Å²) in [5, 5.41) is 81.9. The quantitative estimate of drug-likeness (QED) is 0.136. The fourth-order valence-electron chi connectivity index (χ4n) is 5.82. The molecule has 14 heteroatoms. The molecule has 5 atom stereocenters. The molecule has 2 aliphatic rings. The third-order valence-electron chi connectivity index (χ3n) is 8.51. The number of esters is 1. The molecule has 1 aliphatic heterocycles. The summed E-state index contributed by atoms with van der Waals surface area (Å²) in [6.07, 6.45) is -6.51. The fraction of sp³-hybridized carbons (Fsp3) is 0.484. The SMILES string of the molecule is CC(C)(O)C1CCC(C(=O)OC[C@@H]2O[C@@H](Oc3c(-c4ccc(O)c(O)c4)oc4cc(O)cc(O)c4c3=O)[C@@H](O)[C@H](O)[C@H]2O)CC1. The summed E-state index contributed by atoms with van der Waals surface area (Å²) < 4.78 is 22.6. The molecule has 0 amide bonds. The van der Waals surface area contributed by atoms with E-state index in [2.05, 4.69) is 0 Å². The van der Waals surface area contributed by atoms with Gasteiger partial charge in [-0.1, -0.05) is 0 Å². The highest BCUT2D eigenvalue weighted by molar-refractivity contribution is 5.88. The summed E-state index contributed by atoms with van der Waals surface area (Å²) >= 11 is 0.